The summed E-state index contributed by atoms with van der Waals surface area (Å²) in [6.07, 6.45) is -4.41. The van der Waals surface area contributed by atoms with Crippen molar-refractivity contribution in [2.24, 2.45) is 20.7 Å². The molecule has 0 aromatic carbocycles. The largest absolute Gasteiger partial charge is 1.00 e. The monoisotopic (exact) mass is 445 g/mol. The average molecular weight is 446 g/mol. The van der Waals surface area contributed by atoms with Gasteiger partial charge in [0, 0.05) is 0 Å². The fourth-order valence-electron chi connectivity index (χ4n) is 2.83. The maximum Gasteiger partial charge on any atom is 1.00 e. The first-order chi connectivity index (χ1) is 11.3. The number of phosphoric ester groups is 1. The van der Waals surface area contributed by atoms with Gasteiger partial charge in [-0.15, -0.1) is 0 Å². The number of carbonyl (C=O) groups is 1. The van der Waals surface area contributed by atoms with Crippen LogP contribution in [0.25, 0.3) is 0 Å². The van der Waals surface area contributed by atoms with Gasteiger partial charge in [-0.25, -0.2) is 4.99 Å². The van der Waals surface area contributed by atoms with Crippen LogP contribution in [-0.4, -0.2) is 69.6 Å². The molecule has 0 radical (unpaired) electrons. The number of fused-ring (bicyclic) bond motifs is 2. The van der Waals surface area contributed by atoms with E-state index in [0.29, 0.717) is 0 Å². The van der Waals surface area contributed by atoms with Crippen molar-refractivity contribution in [2.45, 2.75) is 30.6 Å². The minimum atomic E-state index is -4.49. The summed E-state index contributed by atoms with van der Waals surface area (Å²) in [7, 11) is -4.49. The van der Waals surface area contributed by atoms with Crippen molar-refractivity contribution >= 4 is 46.2 Å². The second-order valence-corrected chi connectivity index (χ2v) is 7.39. The van der Waals surface area contributed by atoms with Crippen molar-refractivity contribution in [3.63, 3.8) is 0 Å². The molecule has 130 valence electrons. The maximum absolute atomic E-state index is 11.9. The summed E-state index contributed by atoms with van der Waals surface area (Å²) in [5.74, 6) is -0.735. The number of amidine groups is 2. The van der Waals surface area contributed by atoms with E-state index < -0.39 is 44.3 Å². The number of aliphatic imine (C=N–C) groups is 3. The SMILES string of the molecule is NC1=NC(=O)C2N=C(Br)N(C3OC4COP(=O)([O-])OC4C3O)C2=N1.[Na+]. The first kappa shape index (κ1) is 19.5. The van der Waals surface area contributed by atoms with Crippen molar-refractivity contribution in [3.8, 4) is 0 Å². The Morgan fingerprint density at radius 2 is 2.16 bits per heavy atom. The Hall–Kier alpha value is -0.210. The minimum absolute atomic E-state index is 0. The van der Waals surface area contributed by atoms with Gasteiger partial charge < -0.3 is 29.5 Å². The minimum Gasteiger partial charge on any atom is -0.756 e. The van der Waals surface area contributed by atoms with Crippen LogP contribution < -0.4 is 40.2 Å². The molecule has 0 aromatic rings. The molecule has 0 bridgehead atoms. The molecule has 15 heteroatoms. The third-order valence-corrected chi connectivity index (χ3v) is 5.38. The number of hydrogen-bond donors (Lipinski definition) is 2. The smallest absolute Gasteiger partial charge is 0.756 e. The van der Waals surface area contributed by atoms with Crippen LogP contribution in [0.4, 0.5) is 0 Å². The van der Waals surface area contributed by atoms with E-state index in [2.05, 4.69) is 35.4 Å². The maximum atomic E-state index is 11.9. The molecule has 2 fully saturated rings. The van der Waals surface area contributed by atoms with Gasteiger partial charge in [0.15, 0.2) is 22.9 Å². The Morgan fingerprint density at radius 3 is 2.88 bits per heavy atom. The molecule has 4 heterocycles. The number of guanidine groups is 1. The van der Waals surface area contributed by atoms with E-state index in [1.807, 2.05) is 0 Å². The predicted octanol–water partition coefficient (Wildman–Crippen LogP) is -5.35. The summed E-state index contributed by atoms with van der Waals surface area (Å²) in [6, 6.07) is -1.01. The molecule has 0 aromatic heterocycles. The predicted molar refractivity (Wildman–Crippen MR) is 79.2 cm³/mol. The third kappa shape index (κ3) is 3.27. The Bertz CT molecular complexity index is 762. The second-order valence-electron chi connectivity index (χ2n) is 5.32. The fourth-order valence-corrected chi connectivity index (χ4v) is 4.36. The quantitative estimate of drug-likeness (QED) is 0.227. The normalized spacial score (nSPS) is 42.8. The van der Waals surface area contributed by atoms with Crippen molar-refractivity contribution in [3.05, 3.63) is 0 Å². The molecular weight excluding hydrogens is 436 g/mol. The summed E-state index contributed by atoms with van der Waals surface area (Å²) in [5, 5.41) is 10.4. The van der Waals surface area contributed by atoms with E-state index in [1.54, 1.807) is 0 Å². The number of aliphatic hydroxyl groups is 1. The van der Waals surface area contributed by atoms with E-state index in [4.69, 9.17) is 15.0 Å². The fraction of sp³-hybridized carbons (Fsp3) is 0.600. The summed E-state index contributed by atoms with van der Waals surface area (Å²) in [5.41, 5.74) is 5.50. The van der Waals surface area contributed by atoms with E-state index >= 15 is 0 Å². The summed E-state index contributed by atoms with van der Waals surface area (Å²) in [4.78, 5) is 36.2. The Kier molecular flexibility index (Phi) is 5.28. The van der Waals surface area contributed by atoms with E-state index in [1.165, 1.54) is 4.90 Å². The summed E-state index contributed by atoms with van der Waals surface area (Å²) < 4.78 is 26.5. The molecule has 6 unspecified atom stereocenters. The number of halogens is 1. The zero-order chi connectivity index (χ0) is 17.2. The van der Waals surface area contributed by atoms with E-state index in [-0.39, 0.29) is 52.7 Å². The summed E-state index contributed by atoms with van der Waals surface area (Å²) in [6.45, 7) is -0.292. The zero-order valence-corrected chi connectivity index (χ0v) is 17.2. The number of ether oxygens (including phenoxy) is 1. The molecular formula is C10H10BrN5NaO7P. The number of nitrogens with zero attached hydrogens (tertiary/aromatic N) is 4. The van der Waals surface area contributed by atoms with Crippen LogP contribution in [0.5, 0.6) is 0 Å². The van der Waals surface area contributed by atoms with Gasteiger partial charge >= 0.3 is 29.6 Å². The topological polar surface area (TPSA) is 171 Å². The third-order valence-electron chi connectivity index (χ3n) is 3.83. The van der Waals surface area contributed by atoms with E-state index in [9.17, 15) is 19.4 Å². The Balaban J connectivity index is 0.00000182. The Morgan fingerprint density at radius 1 is 1.44 bits per heavy atom. The molecule has 6 atom stereocenters. The second kappa shape index (κ2) is 6.75. The summed E-state index contributed by atoms with van der Waals surface area (Å²) >= 11 is 3.17. The number of phosphoric acid groups is 1. The first-order valence-corrected chi connectivity index (χ1v) is 8.99. The van der Waals surface area contributed by atoms with Crippen LogP contribution in [0.3, 0.4) is 0 Å². The number of rotatable bonds is 1. The van der Waals surface area contributed by atoms with Gasteiger partial charge in [-0.2, -0.15) is 9.98 Å². The molecule has 4 rings (SSSR count). The standard InChI is InChI=1S/C10H11BrN5O7P.Na/c11-9-13-3-6(14-10(12)15-7(3)18)16(9)8-4(17)5-2(22-8)1-21-24(19,20)23-5;/h2-5,8,17H,1H2,(H,19,20)(H2,12,15,18);/q;+1/p-1. The van der Waals surface area contributed by atoms with Gasteiger partial charge in [0.25, 0.3) is 13.7 Å². The van der Waals surface area contributed by atoms with Crippen LogP contribution in [0.1, 0.15) is 0 Å². The van der Waals surface area contributed by atoms with Crippen molar-refractivity contribution in [1.82, 2.24) is 4.90 Å². The number of aliphatic hydroxyl groups excluding tert-OH is 1. The van der Waals surface area contributed by atoms with Crippen molar-refractivity contribution in [1.29, 1.82) is 0 Å². The van der Waals surface area contributed by atoms with Crippen LogP contribution in [0, 0.1) is 0 Å². The van der Waals surface area contributed by atoms with Crippen LogP contribution in [-0.2, 0) is 23.1 Å². The van der Waals surface area contributed by atoms with Gasteiger partial charge in [0.1, 0.15) is 18.3 Å². The molecule has 4 aliphatic rings. The van der Waals surface area contributed by atoms with E-state index in [0.717, 1.165) is 0 Å². The Labute approximate surface area is 171 Å². The molecule has 0 spiro atoms. The zero-order valence-electron chi connectivity index (χ0n) is 12.7. The number of carbonyl (C=O) groups excluding carboxylic acids is 1. The van der Waals surface area contributed by atoms with Crippen LogP contribution >= 0.6 is 23.8 Å². The van der Waals surface area contributed by atoms with Gasteiger partial charge in [-0.05, 0) is 15.9 Å². The van der Waals surface area contributed by atoms with Gasteiger partial charge in [0.05, 0.1) is 6.61 Å². The van der Waals surface area contributed by atoms with Gasteiger partial charge in [0.2, 0.25) is 5.96 Å². The molecule has 0 aliphatic carbocycles. The number of amides is 1. The van der Waals surface area contributed by atoms with Crippen molar-refractivity contribution < 1.29 is 62.7 Å². The number of nitrogens with two attached hydrogens (primary N) is 1. The average Bonchev–Trinajstić information content (AvgIpc) is 2.96. The molecule has 2 saturated heterocycles. The first-order valence-electron chi connectivity index (χ1n) is 6.73. The van der Waals surface area contributed by atoms with Gasteiger partial charge in [-0.1, -0.05) is 0 Å². The van der Waals surface area contributed by atoms with Crippen LogP contribution in [0.2, 0.25) is 0 Å². The van der Waals surface area contributed by atoms with Crippen LogP contribution in [0.15, 0.2) is 15.0 Å². The van der Waals surface area contributed by atoms with Crippen molar-refractivity contribution in [2.75, 3.05) is 6.61 Å². The molecule has 3 N–H and O–H groups in total. The molecule has 0 saturated carbocycles. The van der Waals surface area contributed by atoms with Gasteiger partial charge in [-0.3, -0.25) is 14.3 Å². The molecule has 25 heavy (non-hydrogen) atoms. The molecule has 4 aliphatic heterocycles. The number of hydrogen-bond acceptors (Lipinski definition) is 11. The molecule has 1 amide bonds. The molecule has 12 nitrogen and oxygen atoms in total.